The van der Waals surface area contributed by atoms with Crippen LogP contribution >= 0.6 is 0 Å². The maximum atomic E-state index is 9.98. The van der Waals surface area contributed by atoms with E-state index in [0.717, 1.165) is 16.6 Å². The molecular weight excluding hydrogens is 211 g/mol. The van der Waals surface area contributed by atoms with Crippen LogP contribution in [0.3, 0.4) is 0 Å². The molecule has 1 aliphatic heterocycles. The monoisotopic (exact) mass is 222 g/mol. The molecule has 2 aromatic carbocycles. The summed E-state index contributed by atoms with van der Waals surface area (Å²) < 4.78 is 5.80. The van der Waals surface area contributed by atoms with E-state index < -0.39 is 12.7 Å². The second-order valence-electron chi connectivity index (χ2n) is 4.82. The lowest BCUT2D eigenvalue weighted by Crippen LogP contribution is -2.29. The van der Waals surface area contributed by atoms with Crippen LogP contribution in [-0.2, 0) is 10.3 Å². The van der Waals surface area contributed by atoms with Crippen molar-refractivity contribution in [3.8, 4) is 11.1 Å². The summed E-state index contributed by atoms with van der Waals surface area (Å²) in [4.78, 5) is 0. The van der Waals surface area contributed by atoms with Gasteiger partial charge < -0.3 is 9.68 Å². The van der Waals surface area contributed by atoms with Gasteiger partial charge in [0.1, 0.15) is 5.60 Å². The number of rotatable bonds is 0. The molecule has 2 aliphatic rings. The van der Waals surface area contributed by atoms with Gasteiger partial charge in [-0.1, -0.05) is 42.5 Å². The van der Waals surface area contributed by atoms with E-state index in [1.165, 1.54) is 11.1 Å². The first-order valence-corrected chi connectivity index (χ1v) is 5.81. The molecule has 0 aromatic heterocycles. The minimum Gasteiger partial charge on any atom is -0.423 e. The predicted octanol–water partition coefficient (Wildman–Crippen LogP) is 1.65. The van der Waals surface area contributed by atoms with E-state index in [-0.39, 0.29) is 0 Å². The highest BCUT2D eigenvalue weighted by Gasteiger charge is 2.50. The second kappa shape index (κ2) is 2.81. The lowest BCUT2D eigenvalue weighted by molar-refractivity contribution is 0.127. The molecule has 0 fully saturated rings. The van der Waals surface area contributed by atoms with Gasteiger partial charge in [0.2, 0.25) is 0 Å². The second-order valence-corrected chi connectivity index (χ2v) is 4.82. The van der Waals surface area contributed by atoms with Crippen molar-refractivity contribution in [2.45, 2.75) is 12.5 Å². The zero-order valence-electron chi connectivity index (χ0n) is 9.47. The van der Waals surface area contributed by atoms with Crippen molar-refractivity contribution in [1.29, 1.82) is 0 Å². The normalized spacial score (nSPS) is 23.8. The Kier molecular flexibility index (Phi) is 1.56. The summed E-state index contributed by atoms with van der Waals surface area (Å²) in [6, 6.07) is 14.3. The third-order valence-electron chi connectivity index (χ3n) is 3.92. The molecule has 0 radical (unpaired) electrons. The predicted molar refractivity (Wildman–Crippen MR) is 67.0 cm³/mol. The molecule has 2 aromatic rings. The van der Waals surface area contributed by atoms with Gasteiger partial charge in [-0.15, -0.1) is 0 Å². The highest BCUT2D eigenvalue weighted by atomic mass is 16.5. The highest BCUT2D eigenvalue weighted by molar-refractivity contribution is 6.62. The summed E-state index contributed by atoms with van der Waals surface area (Å²) >= 11 is 0. The van der Waals surface area contributed by atoms with E-state index in [1.807, 2.05) is 31.2 Å². The van der Waals surface area contributed by atoms with Crippen LogP contribution in [0, 0.1) is 0 Å². The van der Waals surface area contributed by atoms with Gasteiger partial charge in [0.15, 0.2) is 0 Å². The third kappa shape index (κ3) is 0.950. The minimum absolute atomic E-state index is 0.484. The SMILES string of the molecule is CC12OB(O)c3cccc(c31)-c1ccccc12. The molecule has 1 atom stereocenters. The molecule has 1 unspecified atom stereocenters. The molecule has 0 bridgehead atoms. The van der Waals surface area contributed by atoms with Crippen LogP contribution < -0.4 is 5.46 Å². The van der Waals surface area contributed by atoms with Gasteiger partial charge in [-0.3, -0.25) is 0 Å². The summed E-state index contributed by atoms with van der Waals surface area (Å²) in [5, 5.41) is 9.98. The fourth-order valence-electron chi connectivity index (χ4n) is 3.21. The van der Waals surface area contributed by atoms with Crippen molar-refractivity contribution in [1.82, 2.24) is 0 Å². The van der Waals surface area contributed by atoms with E-state index in [9.17, 15) is 5.02 Å². The lowest BCUT2D eigenvalue weighted by atomic mass is 9.77. The number of hydrogen-bond donors (Lipinski definition) is 1. The molecular formula is C14H11BO2. The van der Waals surface area contributed by atoms with Gasteiger partial charge in [-0.2, -0.15) is 0 Å². The summed E-state index contributed by atoms with van der Waals surface area (Å²) in [5.41, 5.74) is 5.12. The fourth-order valence-corrected chi connectivity index (χ4v) is 3.21. The first kappa shape index (κ1) is 9.45. The number of benzene rings is 2. The summed E-state index contributed by atoms with van der Waals surface area (Å²) in [7, 11) is -0.802. The summed E-state index contributed by atoms with van der Waals surface area (Å²) in [6.07, 6.45) is 0. The third-order valence-corrected chi connectivity index (χ3v) is 3.92. The van der Waals surface area contributed by atoms with Gasteiger partial charge in [0.25, 0.3) is 0 Å². The molecule has 4 rings (SSSR count). The number of hydrogen-bond acceptors (Lipinski definition) is 2. The Morgan fingerprint density at radius 1 is 1.06 bits per heavy atom. The van der Waals surface area contributed by atoms with Crippen LogP contribution in [0.4, 0.5) is 0 Å². The number of fused-ring (bicyclic) bond motifs is 3. The molecule has 1 heterocycles. The van der Waals surface area contributed by atoms with Gasteiger partial charge in [0, 0.05) is 0 Å². The molecule has 82 valence electrons. The lowest BCUT2D eigenvalue weighted by Gasteiger charge is -2.22. The van der Waals surface area contributed by atoms with Gasteiger partial charge in [0.05, 0.1) is 0 Å². The summed E-state index contributed by atoms with van der Waals surface area (Å²) in [5.74, 6) is 0. The Morgan fingerprint density at radius 3 is 2.71 bits per heavy atom. The molecule has 0 amide bonds. The van der Waals surface area contributed by atoms with Crippen molar-refractivity contribution in [2.75, 3.05) is 0 Å². The average molecular weight is 222 g/mol. The van der Waals surface area contributed by atoms with Crippen molar-refractivity contribution in [3.63, 3.8) is 0 Å². The fraction of sp³-hybridized carbons (Fsp3) is 0.143. The van der Waals surface area contributed by atoms with Crippen LogP contribution in [-0.4, -0.2) is 12.1 Å². The smallest absolute Gasteiger partial charge is 0.423 e. The summed E-state index contributed by atoms with van der Waals surface area (Å²) in [6.45, 7) is 2.04. The maximum absolute atomic E-state index is 9.98. The molecule has 1 N–H and O–H groups in total. The quantitative estimate of drug-likeness (QED) is 0.686. The Morgan fingerprint density at radius 2 is 1.82 bits per heavy atom. The van der Waals surface area contributed by atoms with Crippen LogP contribution in [0.15, 0.2) is 42.5 Å². The van der Waals surface area contributed by atoms with E-state index in [4.69, 9.17) is 4.65 Å². The van der Waals surface area contributed by atoms with Gasteiger partial charge in [-0.05, 0) is 34.6 Å². The first-order chi connectivity index (χ1) is 8.22. The Bertz CT molecular complexity index is 638. The maximum Gasteiger partial charge on any atom is 0.492 e. The largest absolute Gasteiger partial charge is 0.492 e. The zero-order valence-corrected chi connectivity index (χ0v) is 9.47. The van der Waals surface area contributed by atoms with Gasteiger partial charge >= 0.3 is 7.12 Å². The van der Waals surface area contributed by atoms with Crippen molar-refractivity contribution in [2.24, 2.45) is 0 Å². The van der Waals surface area contributed by atoms with E-state index >= 15 is 0 Å². The first-order valence-electron chi connectivity index (χ1n) is 5.81. The molecule has 17 heavy (non-hydrogen) atoms. The average Bonchev–Trinajstić information content (AvgIpc) is 2.76. The van der Waals surface area contributed by atoms with Crippen molar-refractivity contribution < 1.29 is 9.68 Å². The molecule has 0 spiro atoms. The highest BCUT2D eigenvalue weighted by Crippen LogP contribution is 2.51. The van der Waals surface area contributed by atoms with E-state index in [2.05, 4.69) is 18.2 Å². The standard InChI is InChI=1S/C14H11BO2/c1-14-11-7-3-2-5-9(11)10-6-4-8-12(13(10)14)15(16)17-14/h2-8,16H,1H3. The Labute approximate surface area is 100 Å². The molecule has 0 saturated carbocycles. The van der Waals surface area contributed by atoms with E-state index in [1.54, 1.807) is 0 Å². The minimum atomic E-state index is -0.802. The van der Waals surface area contributed by atoms with Gasteiger partial charge in [-0.25, -0.2) is 0 Å². The zero-order chi connectivity index (χ0) is 11.6. The van der Waals surface area contributed by atoms with Crippen molar-refractivity contribution in [3.05, 3.63) is 53.6 Å². The molecule has 3 heteroatoms. The molecule has 2 nitrogen and oxygen atoms in total. The Hall–Kier alpha value is -1.58. The van der Waals surface area contributed by atoms with Crippen LogP contribution in [0.25, 0.3) is 11.1 Å². The van der Waals surface area contributed by atoms with E-state index in [0.29, 0.717) is 0 Å². The molecule has 1 aliphatic carbocycles. The van der Waals surface area contributed by atoms with Crippen LogP contribution in [0.2, 0.25) is 0 Å². The topological polar surface area (TPSA) is 29.5 Å². The van der Waals surface area contributed by atoms with Crippen molar-refractivity contribution >= 4 is 12.6 Å². The van der Waals surface area contributed by atoms with Crippen LogP contribution in [0.1, 0.15) is 18.1 Å². The van der Waals surface area contributed by atoms with Crippen LogP contribution in [0.5, 0.6) is 0 Å². The molecule has 0 saturated heterocycles. The Balaban J connectivity index is 2.17.